The van der Waals surface area contributed by atoms with Gasteiger partial charge in [0.15, 0.2) is 0 Å². The van der Waals surface area contributed by atoms with Crippen LogP contribution in [0.2, 0.25) is 0 Å². The predicted octanol–water partition coefficient (Wildman–Crippen LogP) is 3.14. The predicted molar refractivity (Wildman–Crippen MR) is 72.9 cm³/mol. The van der Waals surface area contributed by atoms with Crippen LogP contribution in [-0.4, -0.2) is 5.84 Å². The Balaban J connectivity index is 2.10. The summed E-state index contributed by atoms with van der Waals surface area (Å²) < 4.78 is 32.4. The van der Waals surface area contributed by atoms with Gasteiger partial charge in [0, 0.05) is 17.2 Å². The summed E-state index contributed by atoms with van der Waals surface area (Å²) in [5.41, 5.74) is 6.42. The fourth-order valence-corrected chi connectivity index (χ4v) is 1.66. The van der Waals surface area contributed by atoms with Crippen LogP contribution in [0, 0.1) is 24.0 Å². The molecule has 0 unspecified atom stereocenters. The third-order valence-corrected chi connectivity index (χ3v) is 2.90. The molecule has 3 N–H and O–H groups in total. The van der Waals surface area contributed by atoms with E-state index in [-0.39, 0.29) is 18.3 Å². The monoisotopic (exact) mass is 276 g/mol. The lowest BCUT2D eigenvalue weighted by atomic mass is 10.1. The van der Waals surface area contributed by atoms with Crippen LogP contribution in [0.15, 0.2) is 36.4 Å². The minimum Gasteiger partial charge on any atom is -0.489 e. The van der Waals surface area contributed by atoms with Crippen molar-refractivity contribution in [3.63, 3.8) is 0 Å². The van der Waals surface area contributed by atoms with Crippen molar-refractivity contribution in [2.75, 3.05) is 0 Å². The summed E-state index contributed by atoms with van der Waals surface area (Å²) in [6.07, 6.45) is 0. The third-order valence-electron chi connectivity index (χ3n) is 2.90. The lowest BCUT2D eigenvalue weighted by Crippen LogP contribution is -2.12. The molecule has 3 nitrogen and oxygen atoms in total. The van der Waals surface area contributed by atoms with Crippen LogP contribution in [0.3, 0.4) is 0 Å². The molecule has 20 heavy (non-hydrogen) atoms. The molecule has 2 rings (SSSR count). The third kappa shape index (κ3) is 3.12. The second-order valence-corrected chi connectivity index (χ2v) is 4.42. The molecular weight excluding hydrogens is 262 g/mol. The number of nitrogen functional groups attached to an aromatic ring is 1. The summed E-state index contributed by atoms with van der Waals surface area (Å²) in [5, 5.41) is 7.22. The standard InChI is InChI=1S/C15H14F2N2O/c1-9-2-5-12(7-13(9)16)20-8-11-4-3-10(15(18)19)6-14(11)17/h2-7H,8H2,1H3,(H3,18,19). The number of rotatable bonds is 4. The topological polar surface area (TPSA) is 59.1 Å². The fraction of sp³-hybridized carbons (Fsp3) is 0.133. The lowest BCUT2D eigenvalue weighted by molar-refractivity contribution is 0.298. The maximum Gasteiger partial charge on any atom is 0.130 e. The van der Waals surface area contributed by atoms with Gasteiger partial charge in [0.2, 0.25) is 0 Å². The maximum atomic E-state index is 13.8. The summed E-state index contributed by atoms with van der Waals surface area (Å²) in [6.45, 7) is 1.63. The molecule has 0 bridgehead atoms. The molecule has 0 aromatic heterocycles. The van der Waals surface area contributed by atoms with Crippen molar-refractivity contribution in [2.45, 2.75) is 13.5 Å². The second-order valence-electron chi connectivity index (χ2n) is 4.42. The van der Waals surface area contributed by atoms with E-state index in [2.05, 4.69) is 0 Å². The Bertz CT molecular complexity index is 656. The van der Waals surface area contributed by atoms with Crippen LogP contribution in [0.25, 0.3) is 0 Å². The Kier molecular flexibility index (Phi) is 3.98. The van der Waals surface area contributed by atoms with Crippen LogP contribution in [0.5, 0.6) is 5.75 Å². The molecule has 0 amide bonds. The highest BCUT2D eigenvalue weighted by atomic mass is 19.1. The Morgan fingerprint density at radius 2 is 1.90 bits per heavy atom. The number of hydrogen-bond donors (Lipinski definition) is 2. The highest BCUT2D eigenvalue weighted by Crippen LogP contribution is 2.18. The first-order valence-electron chi connectivity index (χ1n) is 5.99. The van der Waals surface area contributed by atoms with Crippen LogP contribution >= 0.6 is 0 Å². The molecule has 0 heterocycles. The van der Waals surface area contributed by atoms with Crippen molar-refractivity contribution in [1.82, 2.24) is 0 Å². The van der Waals surface area contributed by atoms with Gasteiger partial charge in [-0.05, 0) is 24.6 Å². The Labute approximate surface area is 115 Å². The second kappa shape index (κ2) is 5.69. The number of ether oxygens (including phenoxy) is 1. The molecule has 0 aliphatic heterocycles. The number of halogens is 2. The first-order chi connectivity index (χ1) is 9.47. The molecule has 0 aliphatic carbocycles. The van der Waals surface area contributed by atoms with Gasteiger partial charge in [0.25, 0.3) is 0 Å². The zero-order chi connectivity index (χ0) is 14.7. The largest absolute Gasteiger partial charge is 0.489 e. The molecule has 2 aromatic rings. The van der Waals surface area contributed by atoms with Crippen LogP contribution < -0.4 is 10.5 Å². The minimum absolute atomic E-state index is 0.0213. The average Bonchev–Trinajstić information content (AvgIpc) is 2.41. The fourth-order valence-electron chi connectivity index (χ4n) is 1.66. The zero-order valence-electron chi connectivity index (χ0n) is 10.9. The highest BCUT2D eigenvalue weighted by molar-refractivity contribution is 5.94. The van der Waals surface area contributed by atoms with E-state index >= 15 is 0 Å². The molecule has 0 saturated heterocycles. The van der Waals surface area contributed by atoms with E-state index < -0.39 is 5.82 Å². The van der Waals surface area contributed by atoms with Crippen molar-refractivity contribution in [2.24, 2.45) is 5.73 Å². The van der Waals surface area contributed by atoms with E-state index in [0.29, 0.717) is 22.4 Å². The van der Waals surface area contributed by atoms with Crippen LogP contribution in [-0.2, 0) is 6.61 Å². The Morgan fingerprint density at radius 1 is 1.15 bits per heavy atom. The van der Waals surface area contributed by atoms with Crippen LogP contribution in [0.4, 0.5) is 8.78 Å². The number of aryl methyl sites for hydroxylation is 1. The van der Waals surface area contributed by atoms with Gasteiger partial charge in [-0.3, -0.25) is 5.41 Å². The van der Waals surface area contributed by atoms with Crippen molar-refractivity contribution in [1.29, 1.82) is 5.41 Å². The SMILES string of the molecule is Cc1ccc(OCc2ccc(C(=N)N)cc2F)cc1F. The molecular formula is C15H14F2N2O. The molecule has 0 atom stereocenters. The highest BCUT2D eigenvalue weighted by Gasteiger charge is 2.07. The molecule has 0 aliphatic rings. The van der Waals surface area contributed by atoms with E-state index in [0.717, 1.165) is 0 Å². The van der Waals surface area contributed by atoms with Gasteiger partial charge in [-0.2, -0.15) is 0 Å². The Morgan fingerprint density at radius 3 is 2.50 bits per heavy atom. The zero-order valence-corrected chi connectivity index (χ0v) is 10.9. The average molecular weight is 276 g/mol. The van der Waals surface area contributed by atoms with Gasteiger partial charge in [0.05, 0.1) is 0 Å². The molecule has 0 saturated carbocycles. The number of benzene rings is 2. The van der Waals surface area contributed by atoms with E-state index in [1.165, 1.54) is 18.2 Å². The normalized spacial score (nSPS) is 10.3. The minimum atomic E-state index is -0.509. The molecule has 5 heteroatoms. The number of nitrogens with two attached hydrogens (primary N) is 1. The van der Waals surface area contributed by atoms with Gasteiger partial charge >= 0.3 is 0 Å². The van der Waals surface area contributed by atoms with Gasteiger partial charge in [-0.1, -0.05) is 18.2 Å². The number of amidine groups is 1. The van der Waals surface area contributed by atoms with Crippen molar-refractivity contribution in [3.05, 3.63) is 64.7 Å². The van der Waals surface area contributed by atoms with Crippen molar-refractivity contribution < 1.29 is 13.5 Å². The quantitative estimate of drug-likeness (QED) is 0.665. The summed E-state index contributed by atoms with van der Waals surface area (Å²) in [5.74, 6) is -0.736. The van der Waals surface area contributed by atoms with Crippen molar-refractivity contribution in [3.8, 4) is 5.75 Å². The van der Waals surface area contributed by atoms with E-state index in [9.17, 15) is 8.78 Å². The van der Waals surface area contributed by atoms with Gasteiger partial charge in [0.1, 0.15) is 29.8 Å². The van der Waals surface area contributed by atoms with Gasteiger partial charge in [-0.15, -0.1) is 0 Å². The first-order valence-corrected chi connectivity index (χ1v) is 5.99. The molecule has 104 valence electrons. The summed E-state index contributed by atoms with van der Waals surface area (Å²) in [4.78, 5) is 0. The molecule has 2 aromatic carbocycles. The smallest absolute Gasteiger partial charge is 0.130 e. The van der Waals surface area contributed by atoms with Gasteiger partial charge in [-0.25, -0.2) is 8.78 Å². The van der Waals surface area contributed by atoms with Crippen molar-refractivity contribution >= 4 is 5.84 Å². The summed E-state index contributed by atoms with van der Waals surface area (Å²) >= 11 is 0. The number of hydrogen-bond acceptors (Lipinski definition) is 2. The lowest BCUT2D eigenvalue weighted by Gasteiger charge is -2.09. The Hall–Kier alpha value is -2.43. The van der Waals surface area contributed by atoms with Crippen LogP contribution in [0.1, 0.15) is 16.7 Å². The van der Waals surface area contributed by atoms with E-state index in [1.807, 2.05) is 0 Å². The number of nitrogens with one attached hydrogen (secondary N) is 1. The van der Waals surface area contributed by atoms with E-state index in [4.69, 9.17) is 15.9 Å². The summed E-state index contributed by atoms with van der Waals surface area (Å²) in [6, 6.07) is 8.70. The van der Waals surface area contributed by atoms with Gasteiger partial charge < -0.3 is 10.5 Å². The van der Waals surface area contributed by atoms with E-state index in [1.54, 1.807) is 25.1 Å². The molecule has 0 fully saturated rings. The maximum absolute atomic E-state index is 13.8. The first kappa shape index (κ1) is 14.0. The molecule has 0 spiro atoms. The summed E-state index contributed by atoms with van der Waals surface area (Å²) in [7, 11) is 0. The molecule has 0 radical (unpaired) electrons.